The molecule has 14 heavy (non-hydrogen) atoms. The summed E-state index contributed by atoms with van der Waals surface area (Å²) in [5.74, 6) is 0. The number of pyridine rings is 1. The molecule has 0 aliphatic heterocycles. The molecular weight excluding hydrogens is 172 g/mol. The summed E-state index contributed by atoms with van der Waals surface area (Å²) in [5, 5.41) is 0. The smallest absolute Gasteiger partial charge is 0.137 e. The van der Waals surface area contributed by atoms with Crippen LogP contribution in [0.5, 0.6) is 0 Å². The van der Waals surface area contributed by atoms with E-state index in [4.69, 9.17) is 0 Å². The maximum Gasteiger partial charge on any atom is 0.137 e. The van der Waals surface area contributed by atoms with Gasteiger partial charge in [0.25, 0.3) is 0 Å². The van der Waals surface area contributed by atoms with Crippen molar-refractivity contribution in [2.45, 2.75) is 32.1 Å². The first-order chi connectivity index (χ1) is 6.69. The molecule has 2 aromatic heterocycles. The number of hydrogen-bond donors (Lipinski definition) is 0. The largest absolute Gasteiger partial charge is 0.304 e. The molecule has 1 fully saturated rings. The lowest BCUT2D eigenvalue weighted by Gasteiger charge is -2.00. The molecule has 2 aromatic rings. The molecule has 72 valence electrons. The van der Waals surface area contributed by atoms with E-state index in [0.717, 1.165) is 5.65 Å². The molecule has 0 radical (unpaired) electrons. The van der Waals surface area contributed by atoms with Gasteiger partial charge >= 0.3 is 0 Å². The number of aromatic nitrogens is 2. The van der Waals surface area contributed by atoms with Crippen molar-refractivity contribution in [3.05, 3.63) is 35.8 Å². The van der Waals surface area contributed by atoms with Crippen LogP contribution in [0.25, 0.3) is 5.65 Å². The maximum absolute atomic E-state index is 4.67. The number of fused-ring (bicyclic) bond motifs is 1. The summed E-state index contributed by atoms with van der Waals surface area (Å²) in [7, 11) is 0. The van der Waals surface area contributed by atoms with E-state index in [0.29, 0.717) is 5.41 Å². The first kappa shape index (κ1) is 8.04. The third kappa shape index (κ3) is 0.999. The number of aryl methyl sites for hydroxylation is 1. The Kier molecular flexibility index (Phi) is 1.37. The second-order valence-electron chi connectivity index (χ2n) is 4.58. The van der Waals surface area contributed by atoms with Crippen molar-refractivity contribution < 1.29 is 0 Å². The molecule has 0 N–H and O–H groups in total. The summed E-state index contributed by atoms with van der Waals surface area (Å²) in [6.07, 6.45) is 4.77. The van der Waals surface area contributed by atoms with Crippen LogP contribution in [0, 0.1) is 6.92 Å². The average Bonchev–Trinajstić information content (AvgIpc) is 2.77. The van der Waals surface area contributed by atoms with Gasteiger partial charge in [-0.05, 0) is 31.9 Å². The Hall–Kier alpha value is -1.31. The van der Waals surface area contributed by atoms with Crippen LogP contribution in [0.15, 0.2) is 24.4 Å². The van der Waals surface area contributed by atoms with Crippen LogP contribution in [-0.4, -0.2) is 9.38 Å². The Morgan fingerprint density at radius 3 is 2.79 bits per heavy atom. The standard InChI is InChI=1S/C12H14N2/c1-9-4-3-5-11-13-10(8-14(9)11)12(2)6-7-12/h3-5,8H,6-7H2,1-2H3. The van der Waals surface area contributed by atoms with Gasteiger partial charge in [-0.2, -0.15) is 0 Å². The topological polar surface area (TPSA) is 17.3 Å². The van der Waals surface area contributed by atoms with Gasteiger partial charge in [-0.3, -0.25) is 0 Å². The Morgan fingerprint density at radius 1 is 1.36 bits per heavy atom. The number of nitrogens with zero attached hydrogens (tertiary/aromatic N) is 2. The molecule has 1 aliphatic rings. The van der Waals surface area contributed by atoms with Gasteiger partial charge < -0.3 is 4.40 Å². The highest BCUT2D eigenvalue weighted by Crippen LogP contribution is 2.46. The van der Waals surface area contributed by atoms with E-state index < -0.39 is 0 Å². The zero-order valence-corrected chi connectivity index (χ0v) is 8.62. The van der Waals surface area contributed by atoms with Gasteiger partial charge in [0.15, 0.2) is 0 Å². The third-order valence-corrected chi connectivity index (χ3v) is 3.31. The molecule has 0 spiro atoms. The quantitative estimate of drug-likeness (QED) is 0.669. The Balaban J connectivity index is 2.25. The first-order valence-electron chi connectivity index (χ1n) is 5.14. The van der Waals surface area contributed by atoms with E-state index in [1.165, 1.54) is 24.2 Å². The summed E-state index contributed by atoms with van der Waals surface area (Å²) >= 11 is 0. The highest BCUT2D eigenvalue weighted by atomic mass is 15.0. The normalized spacial score (nSPS) is 18.7. The van der Waals surface area contributed by atoms with Crippen LogP contribution in [0.3, 0.4) is 0 Å². The summed E-state index contributed by atoms with van der Waals surface area (Å²) in [6.45, 7) is 4.41. The van der Waals surface area contributed by atoms with Gasteiger partial charge in [0.05, 0.1) is 5.69 Å². The summed E-state index contributed by atoms with van der Waals surface area (Å²) < 4.78 is 2.18. The molecule has 0 bridgehead atoms. The lowest BCUT2D eigenvalue weighted by Crippen LogP contribution is -1.98. The van der Waals surface area contributed by atoms with Gasteiger partial charge in [0.2, 0.25) is 0 Å². The van der Waals surface area contributed by atoms with Gasteiger partial charge in [0, 0.05) is 17.3 Å². The Labute approximate surface area is 83.6 Å². The van der Waals surface area contributed by atoms with Gasteiger partial charge in [-0.15, -0.1) is 0 Å². The van der Waals surface area contributed by atoms with Crippen molar-refractivity contribution in [1.82, 2.24) is 9.38 Å². The predicted molar refractivity (Wildman–Crippen MR) is 56.5 cm³/mol. The zero-order valence-electron chi connectivity index (χ0n) is 8.62. The molecule has 0 saturated heterocycles. The monoisotopic (exact) mass is 186 g/mol. The van der Waals surface area contributed by atoms with Crippen LogP contribution < -0.4 is 0 Å². The van der Waals surface area contributed by atoms with Crippen LogP contribution >= 0.6 is 0 Å². The van der Waals surface area contributed by atoms with Gasteiger partial charge in [-0.1, -0.05) is 13.0 Å². The molecule has 1 saturated carbocycles. The molecule has 3 rings (SSSR count). The highest BCUT2D eigenvalue weighted by Gasteiger charge is 2.41. The van der Waals surface area contributed by atoms with Crippen molar-refractivity contribution in [2.75, 3.05) is 0 Å². The lowest BCUT2D eigenvalue weighted by molar-refractivity contribution is 0.758. The Bertz CT molecular complexity index is 492. The minimum absolute atomic E-state index is 0.373. The van der Waals surface area contributed by atoms with Crippen molar-refractivity contribution in [1.29, 1.82) is 0 Å². The van der Waals surface area contributed by atoms with E-state index in [-0.39, 0.29) is 0 Å². The number of rotatable bonds is 1. The third-order valence-electron chi connectivity index (χ3n) is 3.31. The Morgan fingerprint density at radius 2 is 2.14 bits per heavy atom. The van der Waals surface area contributed by atoms with E-state index in [1.54, 1.807) is 0 Å². The van der Waals surface area contributed by atoms with Crippen molar-refractivity contribution >= 4 is 5.65 Å². The summed E-state index contributed by atoms with van der Waals surface area (Å²) in [4.78, 5) is 4.67. The second kappa shape index (κ2) is 2.38. The highest BCUT2D eigenvalue weighted by molar-refractivity contribution is 5.43. The summed E-state index contributed by atoms with van der Waals surface area (Å²) in [6, 6.07) is 6.26. The van der Waals surface area contributed by atoms with Gasteiger partial charge in [-0.25, -0.2) is 4.98 Å². The van der Waals surface area contributed by atoms with Crippen LogP contribution in [0.1, 0.15) is 31.2 Å². The molecule has 0 unspecified atom stereocenters. The molecule has 1 aliphatic carbocycles. The van der Waals surface area contributed by atoms with Crippen molar-refractivity contribution in [3.63, 3.8) is 0 Å². The number of imidazole rings is 1. The molecule has 2 nitrogen and oxygen atoms in total. The van der Waals surface area contributed by atoms with E-state index in [2.05, 4.69) is 47.6 Å². The van der Waals surface area contributed by atoms with Crippen LogP contribution in [0.4, 0.5) is 0 Å². The molecular formula is C12H14N2. The lowest BCUT2D eigenvalue weighted by atomic mass is 10.1. The molecule has 2 heterocycles. The fourth-order valence-corrected chi connectivity index (χ4v) is 1.88. The van der Waals surface area contributed by atoms with Gasteiger partial charge in [0.1, 0.15) is 5.65 Å². The molecule has 0 aromatic carbocycles. The minimum atomic E-state index is 0.373. The SMILES string of the molecule is Cc1cccc2nc(C3(C)CC3)cn12. The van der Waals surface area contributed by atoms with Crippen LogP contribution in [0.2, 0.25) is 0 Å². The average molecular weight is 186 g/mol. The maximum atomic E-state index is 4.67. The fraction of sp³-hybridized carbons (Fsp3) is 0.417. The van der Waals surface area contributed by atoms with Crippen molar-refractivity contribution in [2.24, 2.45) is 0 Å². The predicted octanol–water partition coefficient (Wildman–Crippen LogP) is 2.69. The molecule has 2 heteroatoms. The van der Waals surface area contributed by atoms with E-state index >= 15 is 0 Å². The van der Waals surface area contributed by atoms with E-state index in [9.17, 15) is 0 Å². The molecule has 0 amide bonds. The first-order valence-corrected chi connectivity index (χ1v) is 5.14. The second-order valence-corrected chi connectivity index (χ2v) is 4.58. The fourth-order valence-electron chi connectivity index (χ4n) is 1.88. The number of hydrogen-bond acceptors (Lipinski definition) is 1. The minimum Gasteiger partial charge on any atom is -0.304 e. The molecule has 0 atom stereocenters. The van der Waals surface area contributed by atoms with Crippen molar-refractivity contribution in [3.8, 4) is 0 Å². The summed E-state index contributed by atoms with van der Waals surface area (Å²) in [5.41, 5.74) is 3.96. The van der Waals surface area contributed by atoms with E-state index in [1.807, 2.05) is 0 Å². The zero-order chi connectivity index (χ0) is 9.76. The van der Waals surface area contributed by atoms with Crippen LogP contribution in [-0.2, 0) is 5.41 Å².